The van der Waals surface area contributed by atoms with Gasteiger partial charge < -0.3 is 4.98 Å². The van der Waals surface area contributed by atoms with Crippen molar-refractivity contribution in [2.45, 2.75) is 12.8 Å². The third-order valence-electron chi connectivity index (χ3n) is 3.90. The molecule has 0 bridgehead atoms. The standard InChI is InChI=1S/C17H11Cl2N3O4/c1-8(16(23)9-2-4-10(18)5-3-9)14-17(24)21-15-12(20-14)6-11(19)7-13(15)22(25)26/h2-8H,1H3,(H,21,24). The lowest BCUT2D eigenvalue weighted by Crippen LogP contribution is -2.22. The van der Waals surface area contributed by atoms with Crippen molar-refractivity contribution in [3.63, 3.8) is 0 Å². The molecule has 0 fully saturated rings. The fourth-order valence-corrected chi connectivity index (χ4v) is 2.91. The van der Waals surface area contributed by atoms with Crippen LogP contribution >= 0.6 is 23.2 Å². The number of aromatic amines is 1. The zero-order valence-electron chi connectivity index (χ0n) is 13.3. The molecule has 0 aliphatic rings. The summed E-state index contributed by atoms with van der Waals surface area (Å²) in [5.74, 6) is -1.18. The van der Waals surface area contributed by atoms with Crippen LogP contribution in [0.25, 0.3) is 11.0 Å². The van der Waals surface area contributed by atoms with Crippen LogP contribution in [0.4, 0.5) is 5.69 Å². The van der Waals surface area contributed by atoms with E-state index >= 15 is 0 Å². The van der Waals surface area contributed by atoms with Crippen molar-refractivity contribution in [2.75, 3.05) is 0 Å². The first kappa shape index (κ1) is 18.0. The fraction of sp³-hybridized carbons (Fsp3) is 0.118. The minimum atomic E-state index is -0.859. The average molecular weight is 392 g/mol. The first-order chi connectivity index (χ1) is 12.3. The van der Waals surface area contributed by atoms with Crippen LogP contribution in [0.5, 0.6) is 0 Å². The summed E-state index contributed by atoms with van der Waals surface area (Å²) in [4.78, 5) is 42.1. The molecule has 9 heteroatoms. The van der Waals surface area contributed by atoms with E-state index in [2.05, 4.69) is 9.97 Å². The lowest BCUT2D eigenvalue weighted by molar-refractivity contribution is -0.383. The molecule has 0 saturated heterocycles. The minimum absolute atomic E-state index is 0.0423. The van der Waals surface area contributed by atoms with Crippen LogP contribution in [0.2, 0.25) is 10.0 Å². The third-order valence-corrected chi connectivity index (χ3v) is 4.37. The molecule has 1 atom stereocenters. The van der Waals surface area contributed by atoms with E-state index in [9.17, 15) is 19.7 Å². The number of carbonyl (C=O) groups excluding carboxylic acids is 1. The number of nitrogens with zero attached hydrogens (tertiary/aromatic N) is 2. The molecule has 7 nitrogen and oxygen atoms in total. The van der Waals surface area contributed by atoms with Gasteiger partial charge in [-0.15, -0.1) is 0 Å². The van der Waals surface area contributed by atoms with Crippen LogP contribution in [0.1, 0.15) is 28.9 Å². The van der Waals surface area contributed by atoms with Crippen molar-refractivity contribution in [3.05, 3.63) is 78.2 Å². The SMILES string of the molecule is CC(C(=O)c1ccc(Cl)cc1)c1nc2cc(Cl)cc([N+](=O)[O-])c2[nH]c1=O. The number of Topliss-reactive ketones (excluding diaryl/α,β-unsaturated/α-hetero) is 1. The first-order valence-corrected chi connectivity index (χ1v) is 8.21. The molecule has 0 aliphatic carbocycles. The third kappa shape index (κ3) is 3.31. The Labute approximate surface area is 156 Å². The van der Waals surface area contributed by atoms with Crippen LogP contribution in [-0.4, -0.2) is 20.7 Å². The van der Waals surface area contributed by atoms with Crippen LogP contribution in [0.3, 0.4) is 0 Å². The number of nitro groups is 1. The van der Waals surface area contributed by atoms with Crippen LogP contribution in [0, 0.1) is 10.1 Å². The first-order valence-electron chi connectivity index (χ1n) is 7.45. The molecule has 1 N–H and O–H groups in total. The summed E-state index contributed by atoms with van der Waals surface area (Å²) in [5, 5.41) is 11.7. The van der Waals surface area contributed by atoms with Gasteiger partial charge in [-0.2, -0.15) is 0 Å². The Balaban J connectivity index is 2.11. The highest BCUT2D eigenvalue weighted by Crippen LogP contribution is 2.27. The monoisotopic (exact) mass is 391 g/mol. The number of carbonyl (C=O) groups is 1. The van der Waals surface area contributed by atoms with E-state index < -0.39 is 16.4 Å². The fourth-order valence-electron chi connectivity index (χ4n) is 2.58. The molecule has 3 rings (SSSR count). The number of hydrogen-bond acceptors (Lipinski definition) is 5. The van der Waals surface area contributed by atoms with Crippen LogP contribution in [0.15, 0.2) is 41.2 Å². The van der Waals surface area contributed by atoms with E-state index in [-0.39, 0.29) is 33.2 Å². The summed E-state index contributed by atoms with van der Waals surface area (Å²) in [6, 6.07) is 8.77. The van der Waals surface area contributed by atoms with E-state index in [1.807, 2.05) is 0 Å². The smallest absolute Gasteiger partial charge is 0.296 e. The molecule has 2 aromatic carbocycles. The minimum Gasteiger partial charge on any atom is -0.313 e. The Morgan fingerprint density at radius 3 is 2.46 bits per heavy atom. The molecule has 0 radical (unpaired) electrons. The van der Waals surface area contributed by atoms with E-state index in [0.717, 1.165) is 6.07 Å². The predicted molar refractivity (Wildman–Crippen MR) is 98.2 cm³/mol. The van der Waals surface area contributed by atoms with Crippen molar-refractivity contribution in [1.29, 1.82) is 0 Å². The lowest BCUT2D eigenvalue weighted by Gasteiger charge is -2.10. The van der Waals surface area contributed by atoms with Crippen molar-refractivity contribution < 1.29 is 9.72 Å². The maximum Gasteiger partial charge on any atom is 0.296 e. The number of nitro benzene ring substituents is 1. The van der Waals surface area contributed by atoms with Gasteiger partial charge in [-0.25, -0.2) is 4.98 Å². The summed E-state index contributed by atoms with van der Waals surface area (Å²) in [7, 11) is 0. The van der Waals surface area contributed by atoms with Gasteiger partial charge in [0.05, 0.1) is 16.4 Å². The van der Waals surface area contributed by atoms with Gasteiger partial charge in [0.1, 0.15) is 11.2 Å². The number of non-ortho nitro benzene ring substituents is 1. The summed E-state index contributed by atoms with van der Waals surface area (Å²) in [6.45, 7) is 1.54. The number of aromatic nitrogens is 2. The van der Waals surface area contributed by atoms with E-state index in [0.29, 0.717) is 10.6 Å². The van der Waals surface area contributed by atoms with Gasteiger partial charge in [-0.1, -0.05) is 23.2 Å². The van der Waals surface area contributed by atoms with Crippen LogP contribution in [-0.2, 0) is 0 Å². The molecule has 0 amide bonds. The highest BCUT2D eigenvalue weighted by Gasteiger charge is 2.24. The Morgan fingerprint density at radius 1 is 1.19 bits per heavy atom. The molecular weight excluding hydrogens is 381 g/mol. The molecule has 1 aromatic heterocycles. The highest BCUT2D eigenvalue weighted by atomic mass is 35.5. The molecular formula is C17H11Cl2N3O4. The zero-order chi connectivity index (χ0) is 19.0. The highest BCUT2D eigenvalue weighted by molar-refractivity contribution is 6.31. The number of benzene rings is 2. The molecule has 132 valence electrons. The van der Waals surface area contributed by atoms with Crippen molar-refractivity contribution in [3.8, 4) is 0 Å². The van der Waals surface area contributed by atoms with Gasteiger partial charge in [0.15, 0.2) is 5.78 Å². The maximum absolute atomic E-state index is 12.6. The van der Waals surface area contributed by atoms with Crippen molar-refractivity contribution in [2.24, 2.45) is 0 Å². The largest absolute Gasteiger partial charge is 0.313 e. The summed E-state index contributed by atoms with van der Waals surface area (Å²) in [6.07, 6.45) is 0. The molecule has 3 aromatic rings. The molecule has 1 heterocycles. The van der Waals surface area contributed by atoms with Gasteiger partial charge >= 0.3 is 0 Å². The Kier molecular flexibility index (Phi) is 4.76. The van der Waals surface area contributed by atoms with Gasteiger partial charge in [0, 0.05) is 21.7 Å². The van der Waals surface area contributed by atoms with E-state index in [4.69, 9.17) is 23.2 Å². The summed E-state index contributed by atoms with van der Waals surface area (Å²) < 4.78 is 0. The number of halogens is 2. The summed E-state index contributed by atoms with van der Waals surface area (Å²) in [5.41, 5.74) is -0.610. The Bertz CT molecular complexity index is 1090. The second kappa shape index (κ2) is 6.86. The topological polar surface area (TPSA) is 106 Å². The van der Waals surface area contributed by atoms with Crippen LogP contribution < -0.4 is 5.56 Å². The number of H-pyrrole nitrogens is 1. The Morgan fingerprint density at radius 2 is 1.85 bits per heavy atom. The molecule has 0 saturated carbocycles. The predicted octanol–water partition coefficient (Wildman–Crippen LogP) is 4.12. The zero-order valence-corrected chi connectivity index (χ0v) is 14.8. The van der Waals surface area contributed by atoms with Gasteiger partial charge in [-0.05, 0) is 37.3 Å². The number of hydrogen-bond donors (Lipinski definition) is 1. The van der Waals surface area contributed by atoms with E-state index in [1.54, 1.807) is 31.2 Å². The number of fused-ring (bicyclic) bond motifs is 1. The Hall–Kier alpha value is -2.77. The lowest BCUT2D eigenvalue weighted by atomic mass is 9.96. The number of nitrogens with one attached hydrogen (secondary N) is 1. The maximum atomic E-state index is 12.6. The average Bonchev–Trinajstić information content (AvgIpc) is 2.60. The van der Waals surface area contributed by atoms with Crippen molar-refractivity contribution in [1.82, 2.24) is 9.97 Å². The number of rotatable bonds is 4. The normalized spacial score (nSPS) is 12.1. The van der Waals surface area contributed by atoms with Gasteiger partial charge in [-0.3, -0.25) is 19.7 Å². The van der Waals surface area contributed by atoms with Gasteiger partial charge in [0.25, 0.3) is 11.2 Å². The second-order valence-corrected chi connectivity index (χ2v) is 6.49. The summed E-state index contributed by atoms with van der Waals surface area (Å²) >= 11 is 11.7. The molecule has 26 heavy (non-hydrogen) atoms. The quantitative estimate of drug-likeness (QED) is 0.408. The van der Waals surface area contributed by atoms with E-state index in [1.165, 1.54) is 6.07 Å². The van der Waals surface area contributed by atoms with Gasteiger partial charge in [0.2, 0.25) is 0 Å². The molecule has 0 aliphatic heterocycles. The molecule has 1 unspecified atom stereocenters. The number of ketones is 1. The second-order valence-electron chi connectivity index (χ2n) is 5.62. The molecule has 0 spiro atoms. The van der Waals surface area contributed by atoms with Crippen molar-refractivity contribution >= 4 is 45.7 Å².